The highest BCUT2D eigenvalue weighted by Gasteiger charge is 2.00. The molecule has 0 aromatic heterocycles. The third-order valence-corrected chi connectivity index (χ3v) is 2.90. The van der Waals surface area contributed by atoms with Gasteiger partial charge in [0.05, 0.1) is 11.6 Å². The number of hydrogen-bond donors (Lipinski definition) is 0. The van der Waals surface area contributed by atoms with Crippen molar-refractivity contribution in [3.63, 3.8) is 0 Å². The number of methoxy groups -OCH3 is 1. The van der Waals surface area contributed by atoms with Crippen LogP contribution in [0.3, 0.4) is 0 Å². The van der Waals surface area contributed by atoms with Gasteiger partial charge in [-0.2, -0.15) is 0 Å². The van der Waals surface area contributed by atoms with Gasteiger partial charge in [0.2, 0.25) is 0 Å². The van der Waals surface area contributed by atoms with Crippen molar-refractivity contribution in [2.45, 2.75) is 32.6 Å². The Labute approximate surface area is 94.6 Å². The van der Waals surface area contributed by atoms with Crippen LogP contribution in [0.2, 0.25) is 0 Å². The summed E-state index contributed by atoms with van der Waals surface area (Å²) < 4.78 is 6.23. The molecule has 0 amide bonds. The predicted octanol–water partition coefficient (Wildman–Crippen LogP) is 4.19. The summed E-state index contributed by atoms with van der Waals surface area (Å²) in [4.78, 5) is 0. The van der Waals surface area contributed by atoms with Crippen molar-refractivity contribution < 1.29 is 4.74 Å². The van der Waals surface area contributed by atoms with Gasteiger partial charge in [-0.15, -0.1) is 0 Å². The molecule has 1 aromatic carbocycles. The van der Waals surface area contributed by atoms with E-state index < -0.39 is 0 Å². The maximum atomic E-state index is 5.18. The Morgan fingerprint density at radius 1 is 1.29 bits per heavy atom. The summed E-state index contributed by atoms with van der Waals surface area (Å²) in [6, 6.07) is 6.30. The molecule has 0 radical (unpaired) electrons. The molecule has 14 heavy (non-hydrogen) atoms. The first-order chi connectivity index (χ1) is 6.77. The first-order valence-electron chi connectivity index (χ1n) is 5.10. The molecule has 1 rings (SSSR count). The zero-order valence-electron chi connectivity index (χ0n) is 8.85. The van der Waals surface area contributed by atoms with Gasteiger partial charge in [0, 0.05) is 0 Å². The van der Waals surface area contributed by atoms with Crippen LogP contribution in [-0.2, 0) is 6.42 Å². The normalized spacial score (nSPS) is 10.2. The maximum Gasteiger partial charge on any atom is 0.133 e. The van der Waals surface area contributed by atoms with Crippen molar-refractivity contribution in [2.75, 3.05) is 7.11 Å². The van der Waals surface area contributed by atoms with Crippen LogP contribution >= 0.6 is 15.9 Å². The van der Waals surface area contributed by atoms with E-state index in [1.54, 1.807) is 7.11 Å². The number of rotatable bonds is 5. The molecule has 0 bridgehead atoms. The van der Waals surface area contributed by atoms with E-state index in [4.69, 9.17) is 4.74 Å². The highest BCUT2D eigenvalue weighted by molar-refractivity contribution is 9.10. The third kappa shape index (κ3) is 3.33. The Balaban J connectivity index is 2.57. The molecule has 0 aliphatic rings. The maximum absolute atomic E-state index is 5.18. The molecule has 1 aromatic rings. The fraction of sp³-hybridized carbons (Fsp3) is 0.500. The lowest BCUT2D eigenvalue weighted by atomic mass is 10.1. The number of hydrogen-bond acceptors (Lipinski definition) is 1. The summed E-state index contributed by atoms with van der Waals surface area (Å²) in [7, 11) is 1.69. The second kappa shape index (κ2) is 6.07. The Morgan fingerprint density at radius 3 is 2.64 bits per heavy atom. The van der Waals surface area contributed by atoms with Crippen LogP contribution < -0.4 is 4.74 Å². The molecule has 0 aliphatic carbocycles. The van der Waals surface area contributed by atoms with Crippen LogP contribution in [0.1, 0.15) is 31.7 Å². The molecule has 0 fully saturated rings. The monoisotopic (exact) mass is 256 g/mol. The van der Waals surface area contributed by atoms with Gasteiger partial charge in [0.25, 0.3) is 0 Å². The average Bonchev–Trinajstić information content (AvgIpc) is 2.18. The SMILES string of the molecule is CCCCCc1ccc(OC)c(Br)c1. The number of halogens is 1. The minimum atomic E-state index is 0.907. The summed E-state index contributed by atoms with van der Waals surface area (Å²) in [6.07, 6.45) is 5.02. The number of unbranched alkanes of at least 4 members (excludes halogenated alkanes) is 2. The molecule has 1 nitrogen and oxygen atoms in total. The first-order valence-corrected chi connectivity index (χ1v) is 5.89. The van der Waals surface area contributed by atoms with E-state index in [1.807, 2.05) is 6.07 Å². The standard InChI is InChI=1S/C12H17BrO/c1-3-4-5-6-10-7-8-12(14-2)11(13)9-10/h7-9H,3-6H2,1-2H3. The summed E-state index contributed by atoms with van der Waals surface area (Å²) in [5.74, 6) is 0.907. The van der Waals surface area contributed by atoms with Crippen molar-refractivity contribution in [1.82, 2.24) is 0 Å². The zero-order chi connectivity index (χ0) is 10.4. The van der Waals surface area contributed by atoms with E-state index in [-0.39, 0.29) is 0 Å². The van der Waals surface area contributed by atoms with E-state index in [9.17, 15) is 0 Å². The lowest BCUT2D eigenvalue weighted by molar-refractivity contribution is 0.412. The van der Waals surface area contributed by atoms with Gasteiger partial charge in [-0.1, -0.05) is 25.8 Å². The van der Waals surface area contributed by atoms with Crippen molar-refractivity contribution in [1.29, 1.82) is 0 Å². The van der Waals surface area contributed by atoms with Gasteiger partial charge >= 0.3 is 0 Å². The molecule has 0 heterocycles. The van der Waals surface area contributed by atoms with E-state index in [2.05, 4.69) is 35.0 Å². The van der Waals surface area contributed by atoms with Crippen LogP contribution in [0, 0.1) is 0 Å². The molecule has 0 saturated heterocycles. The zero-order valence-corrected chi connectivity index (χ0v) is 10.4. The third-order valence-electron chi connectivity index (χ3n) is 2.29. The lowest BCUT2D eigenvalue weighted by Gasteiger charge is -2.05. The minimum Gasteiger partial charge on any atom is -0.496 e. The lowest BCUT2D eigenvalue weighted by Crippen LogP contribution is -1.88. The van der Waals surface area contributed by atoms with Crippen molar-refractivity contribution in [2.24, 2.45) is 0 Å². The molecule has 78 valence electrons. The fourth-order valence-electron chi connectivity index (χ4n) is 1.44. The molecule has 2 heteroatoms. The van der Waals surface area contributed by atoms with Crippen LogP contribution in [-0.4, -0.2) is 7.11 Å². The summed E-state index contributed by atoms with van der Waals surface area (Å²) in [5.41, 5.74) is 1.38. The van der Waals surface area contributed by atoms with Gasteiger partial charge in [-0.25, -0.2) is 0 Å². The quantitative estimate of drug-likeness (QED) is 0.718. The molecule has 0 spiro atoms. The van der Waals surface area contributed by atoms with Gasteiger partial charge in [0.1, 0.15) is 5.75 Å². The predicted molar refractivity (Wildman–Crippen MR) is 63.9 cm³/mol. The average molecular weight is 257 g/mol. The Morgan fingerprint density at radius 2 is 2.07 bits per heavy atom. The van der Waals surface area contributed by atoms with Crippen molar-refractivity contribution in [3.8, 4) is 5.75 Å². The van der Waals surface area contributed by atoms with Crippen molar-refractivity contribution >= 4 is 15.9 Å². The van der Waals surface area contributed by atoms with E-state index in [0.717, 1.165) is 16.6 Å². The second-order valence-corrected chi connectivity index (χ2v) is 4.28. The Kier molecular flexibility index (Phi) is 5.02. The van der Waals surface area contributed by atoms with Crippen LogP contribution in [0.25, 0.3) is 0 Å². The summed E-state index contributed by atoms with van der Waals surface area (Å²) in [6.45, 7) is 2.23. The molecule has 0 saturated carbocycles. The first kappa shape index (κ1) is 11.6. The minimum absolute atomic E-state index is 0.907. The number of aryl methyl sites for hydroxylation is 1. The van der Waals surface area contributed by atoms with E-state index in [1.165, 1.54) is 24.8 Å². The van der Waals surface area contributed by atoms with Crippen LogP contribution in [0.5, 0.6) is 5.75 Å². The molecular formula is C12H17BrO. The number of benzene rings is 1. The molecule has 0 unspecified atom stereocenters. The van der Waals surface area contributed by atoms with Gasteiger partial charge in [-0.3, -0.25) is 0 Å². The number of ether oxygens (including phenoxy) is 1. The van der Waals surface area contributed by atoms with E-state index >= 15 is 0 Å². The van der Waals surface area contributed by atoms with Crippen LogP contribution in [0.15, 0.2) is 22.7 Å². The van der Waals surface area contributed by atoms with E-state index in [0.29, 0.717) is 0 Å². The second-order valence-electron chi connectivity index (χ2n) is 3.43. The van der Waals surface area contributed by atoms with Gasteiger partial charge < -0.3 is 4.74 Å². The summed E-state index contributed by atoms with van der Waals surface area (Å²) >= 11 is 3.49. The highest BCUT2D eigenvalue weighted by Crippen LogP contribution is 2.26. The molecule has 0 aliphatic heterocycles. The van der Waals surface area contributed by atoms with Gasteiger partial charge in [0.15, 0.2) is 0 Å². The van der Waals surface area contributed by atoms with Crippen molar-refractivity contribution in [3.05, 3.63) is 28.2 Å². The molecule has 0 atom stereocenters. The van der Waals surface area contributed by atoms with Crippen LogP contribution in [0.4, 0.5) is 0 Å². The smallest absolute Gasteiger partial charge is 0.133 e. The Hall–Kier alpha value is -0.500. The highest BCUT2D eigenvalue weighted by atomic mass is 79.9. The molecular weight excluding hydrogens is 240 g/mol. The topological polar surface area (TPSA) is 9.23 Å². The largest absolute Gasteiger partial charge is 0.496 e. The molecule has 0 N–H and O–H groups in total. The Bertz CT molecular complexity index is 284. The van der Waals surface area contributed by atoms with Gasteiger partial charge in [-0.05, 0) is 46.5 Å². The fourth-order valence-corrected chi connectivity index (χ4v) is 2.03. The summed E-state index contributed by atoms with van der Waals surface area (Å²) in [5, 5.41) is 0.